The zero-order valence-electron chi connectivity index (χ0n) is 14.1. The van der Waals surface area contributed by atoms with Gasteiger partial charge in [0.05, 0.1) is 12.0 Å². The van der Waals surface area contributed by atoms with Crippen molar-refractivity contribution in [3.63, 3.8) is 0 Å². The van der Waals surface area contributed by atoms with Crippen molar-refractivity contribution in [2.45, 2.75) is 25.4 Å². The lowest BCUT2D eigenvalue weighted by molar-refractivity contribution is -0.141. The fourth-order valence-electron chi connectivity index (χ4n) is 3.37. The molecule has 3 rings (SSSR count). The summed E-state index contributed by atoms with van der Waals surface area (Å²) >= 11 is 0. The molecule has 0 radical (unpaired) electrons. The Morgan fingerprint density at radius 3 is 2.56 bits per heavy atom. The van der Waals surface area contributed by atoms with Gasteiger partial charge in [-0.05, 0) is 18.1 Å². The minimum absolute atomic E-state index is 0.0343. The van der Waals surface area contributed by atoms with Crippen LogP contribution in [0.15, 0.2) is 54.6 Å². The lowest BCUT2D eigenvalue weighted by Crippen LogP contribution is -2.46. The summed E-state index contributed by atoms with van der Waals surface area (Å²) < 4.78 is 13.7. The molecule has 2 aromatic rings. The van der Waals surface area contributed by atoms with E-state index in [-0.39, 0.29) is 36.1 Å². The Labute approximate surface area is 146 Å². The van der Waals surface area contributed by atoms with Gasteiger partial charge in [-0.3, -0.25) is 9.59 Å². The Morgan fingerprint density at radius 2 is 1.84 bits per heavy atom. The summed E-state index contributed by atoms with van der Waals surface area (Å²) in [7, 11) is 1.73. The molecule has 1 heterocycles. The molecule has 0 aliphatic carbocycles. The van der Waals surface area contributed by atoms with Crippen LogP contribution in [-0.4, -0.2) is 23.8 Å². The summed E-state index contributed by atoms with van der Waals surface area (Å²) in [6.07, 6.45) is 0.837. The van der Waals surface area contributed by atoms with E-state index in [0.29, 0.717) is 18.4 Å². The van der Waals surface area contributed by atoms with Crippen LogP contribution in [0.4, 0.5) is 4.39 Å². The second-order valence-corrected chi connectivity index (χ2v) is 6.31. The minimum Gasteiger partial charge on any atom is -0.352 e. The molecule has 0 saturated carbocycles. The van der Waals surface area contributed by atoms with Crippen LogP contribution in [0.5, 0.6) is 0 Å². The Hall–Kier alpha value is -2.69. The van der Waals surface area contributed by atoms with Crippen molar-refractivity contribution in [2.24, 2.45) is 5.92 Å². The molecule has 0 bridgehead atoms. The predicted octanol–water partition coefficient (Wildman–Crippen LogP) is 3.05. The Bertz CT molecular complexity index is 763. The molecule has 25 heavy (non-hydrogen) atoms. The van der Waals surface area contributed by atoms with Gasteiger partial charge in [0.25, 0.3) is 0 Å². The van der Waals surface area contributed by atoms with Crippen LogP contribution in [0.3, 0.4) is 0 Å². The number of carbonyl (C=O) groups is 2. The van der Waals surface area contributed by atoms with Crippen LogP contribution in [0.1, 0.15) is 30.0 Å². The van der Waals surface area contributed by atoms with E-state index in [1.165, 1.54) is 6.07 Å². The third-order valence-corrected chi connectivity index (χ3v) is 4.75. The monoisotopic (exact) mass is 340 g/mol. The maximum absolute atomic E-state index is 13.7. The molecule has 5 heteroatoms. The molecule has 2 amide bonds. The summed E-state index contributed by atoms with van der Waals surface area (Å²) in [5.41, 5.74) is 1.39. The van der Waals surface area contributed by atoms with Crippen molar-refractivity contribution >= 4 is 11.8 Å². The molecule has 1 aliphatic heterocycles. The van der Waals surface area contributed by atoms with Crippen molar-refractivity contribution in [3.8, 4) is 0 Å². The number of amides is 2. The number of hydrogen-bond donors (Lipinski definition) is 1. The van der Waals surface area contributed by atoms with E-state index < -0.39 is 0 Å². The second kappa shape index (κ2) is 7.47. The molecule has 0 aromatic heterocycles. The molecule has 130 valence electrons. The van der Waals surface area contributed by atoms with Crippen LogP contribution in [0.25, 0.3) is 0 Å². The number of halogens is 1. The number of likely N-dealkylation sites (tertiary alicyclic amines) is 1. The van der Waals surface area contributed by atoms with E-state index in [9.17, 15) is 14.0 Å². The Balaban J connectivity index is 1.77. The molecule has 1 saturated heterocycles. The number of rotatable bonds is 4. The Kier molecular flexibility index (Phi) is 5.12. The maximum Gasteiger partial charge on any atom is 0.225 e. The fourth-order valence-corrected chi connectivity index (χ4v) is 3.37. The predicted molar refractivity (Wildman–Crippen MR) is 92.9 cm³/mol. The molecule has 0 spiro atoms. The summed E-state index contributed by atoms with van der Waals surface area (Å²) in [5, 5.41) is 2.83. The largest absolute Gasteiger partial charge is 0.352 e. The first-order valence-corrected chi connectivity index (χ1v) is 8.39. The highest BCUT2D eigenvalue weighted by Gasteiger charge is 2.38. The van der Waals surface area contributed by atoms with Gasteiger partial charge in [-0.25, -0.2) is 4.39 Å². The number of benzene rings is 2. The van der Waals surface area contributed by atoms with Crippen LogP contribution < -0.4 is 5.32 Å². The highest BCUT2D eigenvalue weighted by atomic mass is 19.1. The van der Waals surface area contributed by atoms with Crippen molar-refractivity contribution in [2.75, 3.05) is 7.05 Å². The Morgan fingerprint density at radius 1 is 1.16 bits per heavy atom. The lowest BCUT2D eigenvalue weighted by Gasteiger charge is -2.38. The number of carbonyl (C=O) groups excluding carboxylic acids is 2. The topological polar surface area (TPSA) is 49.4 Å². The van der Waals surface area contributed by atoms with Gasteiger partial charge in [0, 0.05) is 25.6 Å². The zero-order valence-corrected chi connectivity index (χ0v) is 14.1. The molecule has 2 aromatic carbocycles. The molecule has 1 N–H and O–H groups in total. The van der Waals surface area contributed by atoms with E-state index in [0.717, 1.165) is 5.56 Å². The van der Waals surface area contributed by atoms with Gasteiger partial charge in [-0.15, -0.1) is 0 Å². The van der Waals surface area contributed by atoms with Crippen LogP contribution >= 0.6 is 0 Å². The SMILES string of the molecule is CN1C(=O)CC[C@H](C(=O)NCc2ccccc2F)[C@@H]1c1ccccc1. The van der Waals surface area contributed by atoms with Gasteiger partial charge in [0.15, 0.2) is 0 Å². The van der Waals surface area contributed by atoms with E-state index in [4.69, 9.17) is 0 Å². The third-order valence-electron chi connectivity index (χ3n) is 4.75. The molecule has 1 aliphatic rings. The summed E-state index contributed by atoms with van der Waals surface area (Å²) in [5.74, 6) is -0.807. The summed E-state index contributed by atoms with van der Waals surface area (Å²) in [6.45, 7) is 0.140. The summed E-state index contributed by atoms with van der Waals surface area (Å²) in [6, 6.07) is 15.6. The third kappa shape index (κ3) is 3.71. The maximum atomic E-state index is 13.7. The molecule has 2 atom stereocenters. The van der Waals surface area contributed by atoms with E-state index in [1.54, 1.807) is 30.1 Å². The van der Waals surface area contributed by atoms with Crippen molar-refractivity contribution < 1.29 is 14.0 Å². The van der Waals surface area contributed by atoms with Gasteiger partial charge >= 0.3 is 0 Å². The van der Waals surface area contributed by atoms with Crippen LogP contribution in [0, 0.1) is 11.7 Å². The van der Waals surface area contributed by atoms with Gasteiger partial charge in [0.1, 0.15) is 5.82 Å². The highest BCUT2D eigenvalue weighted by Crippen LogP contribution is 2.35. The summed E-state index contributed by atoms with van der Waals surface area (Å²) in [4.78, 5) is 26.5. The molecule has 0 unspecified atom stereocenters. The first-order valence-electron chi connectivity index (χ1n) is 8.39. The van der Waals surface area contributed by atoms with Crippen LogP contribution in [0.2, 0.25) is 0 Å². The quantitative estimate of drug-likeness (QED) is 0.930. The number of hydrogen-bond acceptors (Lipinski definition) is 2. The van der Waals surface area contributed by atoms with E-state index in [2.05, 4.69) is 5.32 Å². The standard InChI is InChI=1S/C20H21FN2O2/c1-23-18(24)12-11-16(19(23)14-7-3-2-4-8-14)20(25)22-13-15-9-5-6-10-17(15)21/h2-10,16,19H,11-13H2,1H3,(H,22,25)/t16-,19-/m0/s1. The first-order chi connectivity index (χ1) is 12.1. The normalized spacial score (nSPS) is 20.4. The average molecular weight is 340 g/mol. The van der Waals surface area contributed by atoms with Gasteiger partial charge < -0.3 is 10.2 Å². The second-order valence-electron chi connectivity index (χ2n) is 6.31. The first kappa shape index (κ1) is 17.1. The van der Waals surface area contributed by atoms with Crippen molar-refractivity contribution in [1.82, 2.24) is 10.2 Å². The molecule has 4 nitrogen and oxygen atoms in total. The average Bonchev–Trinajstić information content (AvgIpc) is 2.63. The highest BCUT2D eigenvalue weighted by molar-refractivity contribution is 5.84. The number of nitrogens with one attached hydrogen (secondary N) is 1. The number of piperidine rings is 1. The van der Waals surface area contributed by atoms with Crippen LogP contribution in [-0.2, 0) is 16.1 Å². The van der Waals surface area contributed by atoms with Crippen molar-refractivity contribution in [3.05, 3.63) is 71.5 Å². The van der Waals surface area contributed by atoms with E-state index >= 15 is 0 Å². The molecular weight excluding hydrogens is 319 g/mol. The smallest absolute Gasteiger partial charge is 0.225 e. The molecular formula is C20H21FN2O2. The lowest BCUT2D eigenvalue weighted by atomic mass is 9.84. The van der Waals surface area contributed by atoms with E-state index in [1.807, 2.05) is 30.3 Å². The fraction of sp³-hybridized carbons (Fsp3) is 0.300. The molecule has 1 fully saturated rings. The number of nitrogens with zero attached hydrogens (tertiary/aromatic N) is 1. The van der Waals surface area contributed by atoms with Gasteiger partial charge in [-0.1, -0.05) is 48.5 Å². The van der Waals surface area contributed by atoms with Gasteiger partial charge in [-0.2, -0.15) is 0 Å². The van der Waals surface area contributed by atoms with Crippen molar-refractivity contribution in [1.29, 1.82) is 0 Å². The zero-order chi connectivity index (χ0) is 17.8. The minimum atomic E-state index is -0.350. The van der Waals surface area contributed by atoms with Gasteiger partial charge in [0.2, 0.25) is 11.8 Å².